The van der Waals surface area contributed by atoms with Crippen LogP contribution in [-0.4, -0.2) is 45.4 Å². The lowest BCUT2D eigenvalue weighted by Gasteiger charge is -2.19. The minimum atomic E-state index is -3.81. The number of methoxy groups -OCH3 is 1. The van der Waals surface area contributed by atoms with Gasteiger partial charge in [-0.3, -0.25) is 4.79 Å². The van der Waals surface area contributed by atoms with E-state index in [0.717, 1.165) is 5.56 Å². The van der Waals surface area contributed by atoms with Gasteiger partial charge in [0.2, 0.25) is 10.0 Å². The first-order valence-electron chi connectivity index (χ1n) is 9.36. The number of ether oxygens (including phenoxy) is 2. The molecule has 0 saturated carbocycles. The van der Waals surface area contributed by atoms with Crippen LogP contribution in [0.1, 0.15) is 36.7 Å². The normalized spacial score (nSPS) is 11.6. The topological polar surface area (TPSA) is 84.9 Å². The van der Waals surface area contributed by atoms with Crippen molar-refractivity contribution in [2.24, 2.45) is 0 Å². The molecule has 2 rings (SSSR count). The second kappa shape index (κ2) is 9.76. The molecule has 0 fully saturated rings. The van der Waals surface area contributed by atoms with Gasteiger partial charge in [0.15, 0.2) is 0 Å². The Hall–Kier alpha value is -2.58. The molecule has 158 valence electrons. The van der Waals surface area contributed by atoms with Crippen molar-refractivity contribution in [2.75, 3.05) is 20.8 Å². The number of rotatable bonds is 9. The maximum absolute atomic E-state index is 13.1. The third-order valence-electron chi connectivity index (χ3n) is 4.16. The van der Waals surface area contributed by atoms with E-state index in [1.54, 1.807) is 0 Å². The van der Waals surface area contributed by atoms with Crippen molar-refractivity contribution in [1.82, 2.24) is 9.62 Å². The molecule has 0 saturated heterocycles. The molecule has 0 heterocycles. The summed E-state index contributed by atoms with van der Waals surface area (Å²) in [7, 11) is -0.876. The van der Waals surface area contributed by atoms with Gasteiger partial charge in [0.1, 0.15) is 11.5 Å². The molecule has 1 amide bonds. The zero-order chi connectivity index (χ0) is 21.6. The van der Waals surface area contributed by atoms with Gasteiger partial charge in [-0.15, -0.1) is 0 Å². The minimum Gasteiger partial charge on any atom is -0.496 e. The number of hydrogen-bond donors (Lipinski definition) is 1. The Morgan fingerprint density at radius 3 is 2.52 bits per heavy atom. The van der Waals surface area contributed by atoms with E-state index in [-0.39, 0.29) is 29.0 Å². The molecule has 0 spiro atoms. The molecule has 2 aromatic rings. The van der Waals surface area contributed by atoms with E-state index in [9.17, 15) is 13.2 Å². The van der Waals surface area contributed by atoms with Crippen LogP contribution in [0.25, 0.3) is 0 Å². The summed E-state index contributed by atoms with van der Waals surface area (Å²) >= 11 is 0. The van der Waals surface area contributed by atoms with Crippen LogP contribution < -0.4 is 14.8 Å². The maximum atomic E-state index is 13.1. The Morgan fingerprint density at radius 1 is 1.17 bits per heavy atom. The number of sulfonamides is 1. The molecule has 0 atom stereocenters. The first-order chi connectivity index (χ1) is 13.7. The summed E-state index contributed by atoms with van der Waals surface area (Å²) in [6, 6.07) is 11.5. The highest BCUT2D eigenvalue weighted by molar-refractivity contribution is 7.89. The quantitative estimate of drug-likeness (QED) is 0.674. The molecule has 2 aromatic carbocycles. The van der Waals surface area contributed by atoms with E-state index in [1.807, 2.05) is 45.0 Å². The van der Waals surface area contributed by atoms with Crippen LogP contribution >= 0.6 is 0 Å². The van der Waals surface area contributed by atoms with E-state index >= 15 is 0 Å². The zero-order valence-electron chi connectivity index (χ0n) is 17.4. The fourth-order valence-electron chi connectivity index (χ4n) is 2.79. The second-order valence-corrected chi connectivity index (χ2v) is 8.88. The number of benzene rings is 2. The summed E-state index contributed by atoms with van der Waals surface area (Å²) in [5.74, 6) is 0.614. The highest BCUT2D eigenvalue weighted by Crippen LogP contribution is 2.25. The number of hydrogen-bond acceptors (Lipinski definition) is 5. The monoisotopic (exact) mass is 420 g/mol. The number of carbonyl (C=O) groups excluding carboxylic acids is 1. The summed E-state index contributed by atoms with van der Waals surface area (Å²) < 4.78 is 38.1. The van der Waals surface area contributed by atoms with Gasteiger partial charge in [0.25, 0.3) is 5.91 Å². The van der Waals surface area contributed by atoms with Gasteiger partial charge in [-0.1, -0.05) is 12.1 Å². The lowest BCUT2D eigenvalue weighted by atomic mass is 10.2. The van der Waals surface area contributed by atoms with E-state index in [4.69, 9.17) is 9.47 Å². The van der Waals surface area contributed by atoms with Gasteiger partial charge in [-0.25, -0.2) is 8.42 Å². The number of carbonyl (C=O) groups is 1. The Balaban J connectivity index is 2.32. The largest absolute Gasteiger partial charge is 0.496 e. The average molecular weight is 421 g/mol. The summed E-state index contributed by atoms with van der Waals surface area (Å²) in [6.07, 6.45) is 0. The van der Waals surface area contributed by atoms with Gasteiger partial charge in [0.05, 0.1) is 24.2 Å². The molecule has 0 aliphatic rings. The van der Waals surface area contributed by atoms with Gasteiger partial charge in [-0.05, 0) is 56.7 Å². The van der Waals surface area contributed by atoms with Gasteiger partial charge in [-0.2, -0.15) is 4.31 Å². The summed E-state index contributed by atoms with van der Waals surface area (Å²) in [5, 5.41) is 2.76. The van der Waals surface area contributed by atoms with Crippen LogP contribution in [0.15, 0.2) is 47.4 Å². The maximum Gasteiger partial charge on any atom is 0.255 e. The smallest absolute Gasteiger partial charge is 0.255 e. The number of amides is 1. The molecule has 0 aliphatic heterocycles. The molecule has 29 heavy (non-hydrogen) atoms. The van der Waals surface area contributed by atoms with Crippen molar-refractivity contribution in [3.63, 3.8) is 0 Å². The fraction of sp³-hybridized carbons (Fsp3) is 0.381. The van der Waals surface area contributed by atoms with Crippen LogP contribution in [-0.2, 0) is 16.6 Å². The Bertz CT molecular complexity index is 957. The standard InChI is InChI=1S/C21H28N2O5S/c1-6-28-17-9-7-8-16(12-17)14-23(4)29(25,26)18-10-11-20(27-5)19(13-18)21(24)22-15(2)3/h7-13,15H,6,14H2,1-5H3,(H,22,24). The van der Waals surface area contributed by atoms with Crippen molar-refractivity contribution < 1.29 is 22.7 Å². The van der Waals surface area contributed by atoms with Gasteiger partial charge < -0.3 is 14.8 Å². The molecule has 0 bridgehead atoms. The van der Waals surface area contributed by atoms with Crippen molar-refractivity contribution >= 4 is 15.9 Å². The fourth-order valence-corrected chi connectivity index (χ4v) is 3.97. The van der Waals surface area contributed by atoms with Crippen LogP contribution in [0.2, 0.25) is 0 Å². The predicted molar refractivity (Wildman–Crippen MR) is 112 cm³/mol. The van der Waals surface area contributed by atoms with Crippen molar-refractivity contribution in [1.29, 1.82) is 0 Å². The average Bonchev–Trinajstić information content (AvgIpc) is 2.67. The SMILES string of the molecule is CCOc1cccc(CN(C)S(=O)(=O)c2ccc(OC)c(C(=O)NC(C)C)c2)c1. The van der Waals surface area contributed by atoms with E-state index < -0.39 is 10.0 Å². The highest BCUT2D eigenvalue weighted by atomic mass is 32.2. The van der Waals surface area contributed by atoms with Crippen LogP contribution in [0.3, 0.4) is 0 Å². The Kier molecular flexibility index (Phi) is 7.64. The minimum absolute atomic E-state index is 0.0238. The van der Waals surface area contributed by atoms with Gasteiger partial charge in [0, 0.05) is 19.6 Å². The third-order valence-corrected chi connectivity index (χ3v) is 5.96. The lowest BCUT2D eigenvalue weighted by molar-refractivity contribution is 0.0940. The van der Waals surface area contributed by atoms with E-state index in [1.165, 1.54) is 36.7 Å². The van der Waals surface area contributed by atoms with E-state index in [0.29, 0.717) is 18.1 Å². The van der Waals surface area contributed by atoms with Crippen molar-refractivity contribution in [2.45, 2.75) is 38.3 Å². The molecule has 8 heteroatoms. The number of nitrogens with zero attached hydrogens (tertiary/aromatic N) is 1. The molecular formula is C21H28N2O5S. The first-order valence-corrected chi connectivity index (χ1v) is 10.8. The Morgan fingerprint density at radius 2 is 1.90 bits per heavy atom. The highest BCUT2D eigenvalue weighted by Gasteiger charge is 2.24. The second-order valence-electron chi connectivity index (χ2n) is 6.83. The molecule has 0 unspecified atom stereocenters. The molecule has 1 N–H and O–H groups in total. The lowest BCUT2D eigenvalue weighted by Crippen LogP contribution is -2.31. The van der Waals surface area contributed by atoms with Crippen molar-refractivity contribution in [3.05, 3.63) is 53.6 Å². The molecule has 0 aromatic heterocycles. The number of nitrogens with one attached hydrogen (secondary N) is 1. The van der Waals surface area contributed by atoms with Gasteiger partial charge >= 0.3 is 0 Å². The summed E-state index contributed by atoms with van der Waals surface area (Å²) in [5.41, 5.74) is 0.974. The molecular weight excluding hydrogens is 392 g/mol. The van der Waals surface area contributed by atoms with E-state index in [2.05, 4.69) is 5.32 Å². The Labute approximate surface area is 172 Å². The third kappa shape index (κ3) is 5.71. The van der Waals surface area contributed by atoms with Crippen LogP contribution in [0.4, 0.5) is 0 Å². The zero-order valence-corrected chi connectivity index (χ0v) is 18.2. The van der Waals surface area contributed by atoms with Crippen LogP contribution in [0.5, 0.6) is 11.5 Å². The first kappa shape index (κ1) is 22.7. The van der Waals surface area contributed by atoms with Crippen molar-refractivity contribution in [3.8, 4) is 11.5 Å². The molecule has 0 radical (unpaired) electrons. The molecule has 7 nitrogen and oxygen atoms in total. The predicted octanol–water partition coefficient (Wildman–Crippen LogP) is 3.05. The molecule has 0 aliphatic carbocycles. The van der Waals surface area contributed by atoms with Crippen LogP contribution in [0, 0.1) is 0 Å². The summed E-state index contributed by atoms with van der Waals surface area (Å²) in [4.78, 5) is 12.5. The summed E-state index contributed by atoms with van der Waals surface area (Å²) in [6.45, 7) is 6.25.